The quantitative estimate of drug-likeness (QED) is 0.446. The second-order valence-electron chi connectivity index (χ2n) is 10.5. The number of hydrogen-bond donors (Lipinski definition) is 3. The molecule has 0 unspecified atom stereocenters. The van der Waals surface area contributed by atoms with Crippen LogP contribution in [0, 0.1) is 18.2 Å². The molecule has 2 aromatic rings. The molecule has 0 saturated heterocycles. The Morgan fingerprint density at radius 2 is 2.00 bits per heavy atom. The fourth-order valence-corrected chi connectivity index (χ4v) is 6.20. The average Bonchev–Trinajstić information content (AvgIpc) is 2.81. The van der Waals surface area contributed by atoms with Crippen molar-refractivity contribution in [2.45, 2.75) is 56.7 Å². The van der Waals surface area contributed by atoms with Crippen molar-refractivity contribution in [1.29, 1.82) is 0 Å². The number of aliphatic hydroxyl groups excluding tert-OH is 1. The lowest BCUT2D eigenvalue weighted by atomic mass is 9.38. The lowest BCUT2D eigenvalue weighted by molar-refractivity contribution is -0.175. The minimum absolute atomic E-state index is 0.00424. The molecule has 4 aliphatic rings. The molecule has 1 heterocycles. The lowest BCUT2D eigenvalue weighted by Gasteiger charge is -2.70. The van der Waals surface area contributed by atoms with Gasteiger partial charge in [-0.3, -0.25) is 9.59 Å². The summed E-state index contributed by atoms with van der Waals surface area (Å²) in [6.07, 6.45) is 2.56. The molecule has 0 spiro atoms. The fourth-order valence-electron chi connectivity index (χ4n) is 6.02. The van der Waals surface area contributed by atoms with E-state index in [9.17, 15) is 19.1 Å². The van der Waals surface area contributed by atoms with E-state index in [-0.39, 0.29) is 47.7 Å². The zero-order valence-corrected chi connectivity index (χ0v) is 20.9. The first kappa shape index (κ1) is 25.0. The minimum Gasteiger partial charge on any atom is -0.484 e. The number of carbonyl (C=O) groups is 2. The van der Waals surface area contributed by atoms with Gasteiger partial charge in [0.2, 0.25) is 0 Å². The van der Waals surface area contributed by atoms with E-state index in [1.165, 1.54) is 6.07 Å². The van der Waals surface area contributed by atoms with E-state index in [4.69, 9.17) is 21.1 Å². The number of fused-ring (bicyclic) bond motifs is 1. The highest BCUT2D eigenvalue weighted by Crippen LogP contribution is 2.69. The second kappa shape index (κ2) is 9.65. The van der Waals surface area contributed by atoms with E-state index in [1.807, 2.05) is 6.07 Å². The maximum Gasteiger partial charge on any atom is 0.258 e. The van der Waals surface area contributed by atoms with Crippen LogP contribution in [0.5, 0.6) is 11.5 Å². The van der Waals surface area contributed by atoms with Gasteiger partial charge < -0.3 is 25.2 Å². The van der Waals surface area contributed by atoms with Crippen LogP contribution >= 0.6 is 11.6 Å². The first-order valence-electron chi connectivity index (χ1n) is 12.2. The zero-order chi connectivity index (χ0) is 25.5. The molecule has 3 N–H and O–H groups in total. The second-order valence-corrected chi connectivity index (χ2v) is 10.9. The number of carbonyl (C=O) groups excluding carboxylic acids is 2. The Balaban J connectivity index is 1.12. The van der Waals surface area contributed by atoms with E-state index in [0.717, 1.165) is 24.8 Å². The molecule has 7 nitrogen and oxygen atoms in total. The number of ketones is 1. The summed E-state index contributed by atoms with van der Waals surface area (Å²) >= 11 is 6.15. The van der Waals surface area contributed by atoms with Crippen LogP contribution in [0.1, 0.15) is 49.3 Å². The van der Waals surface area contributed by atoms with Crippen LogP contribution in [-0.4, -0.2) is 48.2 Å². The highest BCUT2D eigenvalue weighted by Gasteiger charge is 2.68. The van der Waals surface area contributed by atoms with Crippen LogP contribution in [-0.2, 0) is 9.59 Å². The van der Waals surface area contributed by atoms with Crippen LogP contribution in [0.3, 0.4) is 0 Å². The summed E-state index contributed by atoms with van der Waals surface area (Å²) in [5.74, 6) is 0.379. The van der Waals surface area contributed by atoms with E-state index >= 15 is 0 Å². The molecule has 0 radical (unpaired) electrons. The van der Waals surface area contributed by atoms with Gasteiger partial charge in [0.15, 0.2) is 18.5 Å². The third-order valence-electron chi connectivity index (χ3n) is 7.54. The number of amides is 1. The van der Waals surface area contributed by atoms with Crippen molar-refractivity contribution in [2.75, 3.05) is 19.8 Å². The molecule has 3 saturated carbocycles. The highest BCUT2D eigenvalue weighted by atomic mass is 35.5. The third-order valence-corrected chi connectivity index (χ3v) is 7.77. The summed E-state index contributed by atoms with van der Waals surface area (Å²) in [6, 6.07) is 9.74. The van der Waals surface area contributed by atoms with Crippen molar-refractivity contribution in [1.82, 2.24) is 10.6 Å². The molecular weight excluding hydrogens is 487 g/mol. The number of Topliss-reactive ketones (excluding diaryl/α,β-unsaturated/α-hetero) is 1. The predicted molar refractivity (Wildman–Crippen MR) is 132 cm³/mol. The monoisotopic (exact) mass is 516 g/mol. The van der Waals surface area contributed by atoms with Gasteiger partial charge in [-0.15, -0.1) is 0 Å². The van der Waals surface area contributed by atoms with Crippen LogP contribution in [0.15, 0.2) is 36.4 Å². The minimum atomic E-state index is -0.572. The Morgan fingerprint density at radius 1 is 1.22 bits per heavy atom. The number of ether oxygens (including phenoxy) is 2. The summed E-state index contributed by atoms with van der Waals surface area (Å²) in [5.41, 5.74) is 1.04. The average molecular weight is 517 g/mol. The zero-order valence-electron chi connectivity index (χ0n) is 20.1. The van der Waals surface area contributed by atoms with Crippen molar-refractivity contribution in [3.8, 4) is 11.5 Å². The topological polar surface area (TPSA) is 96.9 Å². The predicted octanol–water partition coefficient (Wildman–Crippen LogP) is 3.64. The third kappa shape index (κ3) is 4.94. The molecule has 192 valence electrons. The van der Waals surface area contributed by atoms with Crippen molar-refractivity contribution in [3.05, 3.63) is 58.4 Å². The molecule has 2 bridgehead atoms. The molecular formula is C27H30ClFN2O5. The number of halogens is 2. The van der Waals surface area contributed by atoms with E-state index in [0.29, 0.717) is 41.5 Å². The molecule has 36 heavy (non-hydrogen) atoms. The Labute approximate surface area is 214 Å². The van der Waals surface area contributed by atoms with Gasteiger partial charge in [0, 0.05) is 47.6 Å². The summed E-state index contributed by atoms with van der Waals surface area (Å²) in [4.78, 5) is 25.6. The molecule has 1 aliphatic heterocycles. The van der Waals surface area contributed by atoms with Gasteiger partial charge in [0.05, 0.1) is 6.61 Å². The molecule has 2 atom stereocenters. The summed E-state index contributed by atoms with van der Waals surface area (Å²) in [7, 11) is 0. The standard InChI is InChI=1S/C27H30ClFN2O5/c1-16-2-4-18(9-20(16)29)35-12-25(34)31-27-13-26(14-27,15-27)11-22(33)24-10-21(30-6-7-32)19-8-17(28)3-5-23(19)36-24/h2-5,8-9,21,24,30,32H,6-7,10-15H2,1H3,(H,31,34)/t21-,24-,26?,27?/m1/s1. The Bertz CT molecular complexity index is 1170. The van der Waals surface area contributed by atoms with E-state index in [2.05, 4.69) is 10.6 Å². The van der Waals surface area contributed by atoms with Gasteiger partial charge in [-0.05, 0) is 61.4 Å². The summed E-state index contributed by atoms with van der Waals surface area (Å²) in [6.45, 7) is 1.89. The van der Waals surface area contributed by atoms with Crippen LogP contribution in [0.4, 0.5) is 4.39 Å². The normalized spacial score (nSPS) is 27.7. The molecule has 6 rings (SSSR count). The van der Waals surface area contributed by atoms with Crippen molar-refractivity contribution in [2.24, 2.45) is 5.41 Å². The van der Waals surface area contributed by atoms with E-state index in [1.54, 1.807) is 31.2 Å². The molecule has 9 heteroatoms. The van der Waals surface area contributed by atoms with Gasteiger partial charge in [-0.1, -0.05) is 17.7 Å². The van der Waals surface area contributed by atoms with Gasteiger partial charge in [-0.25, -0.2) is 4.39 Å². The molecule has 3 aliphatic carbocycles. The Kier molecular flexibility index (Phi) is 6.70. The smallest absolute Gasteiger partial charge is 0.258 e. The molecule has 0 aromatic heterocycles. The van der Waals surface area contributed by atoms with Gasteiger partial charge >= 0.3 is 0 Å². The molecule has 1 amide bonds. The van der Waals surface area contributed by atoms with Crippen molar-refractivity contribution < 1.29 is 28.6 Å². The number of rotatable bonds is 10. The summed E-state index contributed by atoms with van der Waals surface area (Å²) < 4.78 is 25.1. The van der Waals surface area contributed by atoms with Crippen LogP contribution in [0.25, 0.3) is 0 Å². The first-order chi connectivity index (χ1) is 17.2. The number of nitrogens with one attached hydrogen (secondary N) is 2. The number of aryl methyl sites for hydroxylation is 1. The number of aliphatic hydroxyl groups is 1. The Morgan fingerprint density at radius 3 is 2.72 bits per heavy atom. The number of benzene rings is 2. The van der Waals surface area contributed by atoms with Crippen molar-refractivity contribution >= 4 is 23.3 Å². The first-order valence-corrected chi connectivity index (χ1v) is 12.6. The maximum atomic E-state index is 13.7. The Hall–Kier alpha value is -2.68. The SMILES string of the molecule is Cc1ccc(OCC(=O)NC23CC(CC(=O)[C@H]4C[C@@H](NCCO)c5cc(Cl)ccc5O4)(C2)C3)cc1F. The molecule has 3 fully saturated rings. The van der Waals surface area contributed by atoms with Gasteiger partial charge in [0.1, 0.15) is 17.3 Å². The van der Waals surface area contributed by atoms with Crippen LogP contribution in [0.2, 0.25) is 5.02 Å². The summed E-state index contributed by atoms with van der Waals surface area (Å²) in [5, 5.41) is 16.1. The lowest BCUT2D eigenvalue weighted by Crippen LogP contribution is -2.75. The van der Waals surface area contributed by atoms with Crippen molar-refractivity contribution in [3.63, 3.8) is 0 Å². The molecule has 2 aromatic carbocycles. The number of hydrogen-bond acceptors (Lipinski definition) is 6. The largest absolute Gasteiger partial charge is 0.484 e. The van der Waals surface area contributed by atoms with Gasteiger partial charge in [-0.2, -0.15) is 0 Å². The fraction of sp³-hybridized carbons (Fsp3) is 0.481. The van der Waals surface area contributed by atoms with Crippen LogP contribution < -0.4 is 20.1 Å². The van der Waals surface area contributed by atoms with E-state index < -0.39 is 6.10 Å². The highest BCUT2D eigenvalue weighted by molar-refractivity contribution is 6.30. The van der Waals surface area contributed by atoms with Gasteiger partial charge in [0.25, 0.3) is 5.91 Å². The maximum absolute atomic E-state index is 13.7.